The summed E-state index contributed by atoms with van der Waals surface area (Å²) in [6.45, 7) is 7.88. The number of halogens is 1. The predicted molar refractivity (Wildman–Crippen MR) is 166 cm³/mol. The highest BCUT2D eigenvalue weighted by molar-refractivity contribution is 7.99. The minimum Gasteiger partial charge on any atom is -0.353 e. The average Bonchev–Trinajstić information content (AvgIpc) is 2.98. The molecule has 1 atom stereocenters. The first-order chi connectivity index (χ1) is 19.9. The molecule has 3 amide bonds. The van der Waals surface area contributed by atoms with Gasteiger partial charge in [-0.2, -0.15) is 0 Å². The summed E-state index contributed by atoms with van der Waals surface area (Å²) in [5, 5.41) is 3.81. The molecule has 1 aliphatic rings. The molecule has 0 radical (unpaired) electrons. The Bertz CT molecular complexity index is 1270. The Morgan fingerprint density at radius 3 is 2.44 bits per heavy atom. The van der Waals surface area contributed by atoms with Crippen LogP contribution in [0.1, 0.15) is 37.8 Å². The van der Waals surface area contributed by atoms with E-state index < -0.39 is 0 Å². The lowest BCUT2D eigenvalue weighted by Gasteiger charge is -2.40. The highest BCUT2D eigenvalue weighted by Gasteiger charge is 2.28. The molecule has 1 aliphatic heterocycles. The molecule has 8 nitrogen and oxygen atoms in total. The van der Waals surface area contributed by atoms with Crippen LogP contribution in [0.15, 0.2) is 71.9 Å². The van der Waals surface area contributed by atoms with Gasteiger partial charge in [0.1, 0.15) is 11.0 Å². The van der Waals surface area contributed by atoms with Gasteiger partial charge in [-0.1, -0.05) is 97.4 Å². The molecule has 0 spiro atoms. The quantitative estimate of drug-likeness (QED) is 0.129. The first-order valence-corrected chi connectivity index (χ1v) is 15.6. The molecule has 41 heavy (non-hydrogen) atoms. The fourth-order valence-corrected chi connectivity index (χ4v) is 5.76. The first kappa shape index (κ1) is 30.7. The van der Waals surface area contributed by atoms with Crippen LogP contribution in [-0.4, -0.2) is 76.2 Å². The van der Waals surface area contributed by atoms with Crippen molar-refractivity contribution in [2.24, 2.45) is 0 Å². The maximum Gasteiger partial charge on any atom is 0.317 e. The number of anilines is 1. The Hall–Kier alpha value is -3.30. The lowest BCUT2D eigenvalue weighted by molar-refractivity contribution is -0.128. The van der Waals surface area contributed by atoms with Crippen molar-refractivity contribution in [1.82, 2.24) is 25.1 Å². The summed E-state index contributed by atoms with van der Waals surface area (Å²) < 4.78 is 0. The van der Waals surface area contributed by atoms with Gasteiger partial charge in [0, 0.05) is 51.4 Å². The summed E-state index contributed by atoms with van der Waals surface area (Å²) in [6, 6.07) is 22.0. The lowest BCUT2D eigenvalue weighted by Crippen LogP contribution is -2.56. The van der Waals surface area contributed by atoms with Gasteiger partial charge in [0.2, 0.25) is 5.91 Å². The van der Waals surface area contributed by atoms with Crippen molar-refractivity contribution >= 4 is 41.1 Å². The predicted octanol–water partition coefficient (Wildman–Crippen LogP) is 5.51. The first-order valence-electron chi connectivity index (χ1n) is 14.3. The summed E-state index contributed by atoms with van der Waals surface area (Å²) in [6.07, 6.45) is 2.80. The second-order valence-electron chi connectivity index (χ2n) is 10.2. The number of aromatic nitrogens is 2. The van der Waals surface area contributed by atoms with Crippen LogP contribution in [0, 0.1) is 0 Å². The molecule has 2 aromatic carbocycles. The average molecular weight is 595 g/mol. The van der Waals surface area contributed by atoms with Crippen molar-refractivity contribution in [2.45, 2.75) is 50.9 Å². The number of urea groups is 1. The highest BCUT2D eigenvalue weighted by Crippen LogP contribution is 2.24. The van der Waals surface area contributed by atoms with Crippen LogP contribution in [-0.2, 0) is 17.8 Å². The zero-order chi connectivity index (χ0) is 29.0. The van der Waals surface area contributed by atoms with Crippen molar-refractivity contribution in [1.29, 1.82) is 0 Å². The number of carbonyl (C=O) groups is 2. The zero-order valence-electron chi connectivity index (χ0n) is 23.8. The van der Waals surface area contributed by atoms with E-state index in [2.05, 4.69) is 34.3 Å². The van der Waals surface area contributed by atoms with Gasteiger partial charge in [0.05, 0.1) is 5.75 Å². The van der Waals surface area contributed by atoms with E-state index in [1.807, 2.05) is 65.3 Å². The minimum absolute atomic E-state index is 0.0200. The molecule has 1 saturated heterocycles. The van der Waals surface area contributed by atoms with Crippen molar-refractivity contribution in [3.63, 3.8) is 0 Å². The topological polar surface area (TPSA) is 81.7 Å². The van der Waals surface area contributed by atoms with E-state index in [9.17, 15) is 9.59 Å². The zero-order valence-corrected chi connectivity index (χ0v) is 25.4. The van der Waals surface area contributed by atoms with E-state index in [1.165, 1.54) is 17.3 Å². The highest BCUT2D eigenvalue weighted by atomic mass is 35.5. The molecule has 10 heteroatoms. The Morgan fingerprint density at radius 1 is 1.05 bits per heavy atom. The van der Waals surface area contributed by atoms with Crippen molar-refractivity contribution in [2.75, 3.05) is 43.4 Å². The second kappa shape index (κ2) is 15.6. The minimum atomic E-state index is -0.0200. The van der Waals surface area contributed by atoms with Crippen LogP contribution in [0.3, 0.4) is 0 Å². The number of benzene rings is 2. The summed E-state index contributed by atoms with van der Waals surface area (Å²) in [5.74, 6) is 0.947. The smallest absolute Gasteiger partial charge is 0.317 e. The molecule has 1 unspecified atom stereocenters. The SMILES string of the molecule is CCCCNC(=O)N1CCN(c2cc(Cl)nc(SCC(=O)N(CCc3ccccc3)Cc3ccccc3)n2)CC1C. The normalized spacial score (nSPS) is 15.0. The Labute approximate surface area is 252 Å². The molecule has 2 heterocycles. The lowest BCUT2D eigenvalue weighted by atomic mass is 10.1. The Morgan fingerprint density at radius 2 is 1.76 bits per heavy atom. The number of carbonyl (C=O) groups excluding carboxylic acids is 2. The fourth-order valence-electron chi connectivity index (χ4n) is 4.78. The Balaban J connectivity index is 1.37. The summed E-state index contributed by atoms with van der Waals surface area (Å²) in [7, 11) is 0. The molecule has 0 bridgehead atoms. The Kier molecular flexibility index (Phi) is 11.7. The van der Waals surface area contributed by atoms with Crippen LogP contribution in [0.25, 0.3) is 0 Å². The van der Waals surface area contributed by atoms with Crippen LogP contribution >= 0.6 is 23.4 Å². The van der Waals surface area contributed by atoms with Crippen LogP contribution in [0.2, 0.25) is 5.15 Å². The number of nitrogens with one attached hydrogen (secondary N) is 1. The second-order valence-corrected chi connectivity index (χ2v) is 11.6. The van der Waals surface area contributed by atoms with Gasteiger partial charge in [-0.05, 0) is 30.9 Å². The molecule has 1 aromatic heterocycles. The molecule has 4 rings (SSSR count). The van der Waals surface area contributed by atoms with Gasteiger partial charge in [-0.3, -0.25) is 4.79 Å². The number of hydrogen-bond acceptors (Lipinski definition) is 6. The van der Waals surface area contributed by atoms with Gasteiger partial charge in [-0.15, -0.1) is 0 Å². The van der Waals surface area contributed by atoms with Crippen molar-refractivity contribution in [3.8, 4) is 0 Å². The number of hydrogen-bond donors (Lipinski definition) is 1. The van der Waals surface area contributed by atoms with Gasteiger partial charge in [0.25, 0.3) is 0 Å². The van der Waals surface area contributed by atoms with Crippen LogP contribution in [0.4, 0.5) is 10.6 Å². The molecule has 1 fully saturated rings. The molecule has 0 saturated carbocycles. The number of thioether (sulfide) groups is 1. The molecule has 218 valence electrons. The molecular formula is C31H39ClN6O2S. The summed E-state index contributed by atoms with van der Waals surface area (Å²) in [5.41, 5.74) is 2.29. The van der Waals surface area contributed by atoms with Crippen LogP contribution in [0.5, 0.6) is 0 Å². The molecule has 1 N–H and O–H groups in total. The maximum atomic E-state index is 13.4. The maximum absolute atomic E-state index is 13.4. The van der Waals surface area contributed by atoms with Gasteiger partial charge in [0.15, 0.2) is 5.16 Å². The van der Waals surface area contributed by atoms with Crippen LogP contribution < -0.4 is 10.2 Å². The molecule has 3 aromatic rings. The number of amides is 3. The van der Waals surface area contributed by atoms with E-state index >= 15 is 0 Å². The monoisotopic (exact) mass is 594 g/mol. The third-order valence-corrected chi connectivity index (χ3v) is 8.11. The largest absolute Gasteiger partial charge is 0.353 e. The van der Waals surface area contributed by atoms with Gasteiger partial charge >= 0.3 is 6.03 Å². The summed E-state index contributed by atoms with van der Waals surface area (Å²) in [4.78, 5) is 41.0. The summed E-state index contributed by atoms with van der Waals surface area (Å²) >= 11 is 7.70. The van der Waals surface area contributed by atoms with Crippen molar-refractivity contribution < 1.29 is 9.59 Å². The van der Waals surface area contributed by atoms with E-state index in [4.69, 9.17) is 16.6 Å². The third-order valence-electron chi connectivity index (χ3n) is 7.09. The number of piperazine rings is 1. The van der Waals surface area contributed by atoms with Gasteiger partial charge in [-0.25, -0.2) is 14.8 Å². The third kappa shape index (κ3) is 9.36. The van der Waals surface area contributed by atoms with E-state index in [0.29, 0.717) is 55.4 Å². The van der Waals surface area contributed by atoms with E-state index in [-0.39, 0.29) is 23.7 Å². The fraction of sp³-hybridized carbons (Fsp3) is 0.419. The van der Waals surface area contributed by atoms with E-state index in [0.717, 1.165) is 24.8 Å². The number of rotatable bonds is 12. The van der Waals surface area contributed by atoms with Gasteiger partial charge < -0.3 is 20.0 Å². The molecule has 0 aliphatic carbocycles. The standard InChI is InChI=1S/C31H39ClN6O2S/c1-3-4-16-33-31(40)38-19-18-36(21-24(38)2)28-20-27(32)34-30(35-28)41-23-29(39)37(22-26-13-9-6-10-14-26)17-15-25-11-7-5-8-12-25/h5-14,20,24H,3-4,15-19,21-23H2,1-2H3,(H,33,40). The number of nitrogens with zero attached hydrogens (tertiary/aromatic N) is 5. The number of unbranched alkanes of at least 4 members (excludes halogenated alkanes) is 1. The van der Waals surface area contributed by atoms with E-state index in [1.54, 1.807) is 6.07 Å². The van der Waals surface area contributed by atoms with Crippen molar-refractivity contribution in [3.05, 3.63) is 83.0 Å². The molecular weight excluding hydrogens is 556 g/mol.